The van der Waals surface area contributed by atoms with Crippen LogP contribution >= 0.6 is 0 Å². The molecule has 0 aliphatic carbocycles. The Kier molecular flexibility index (Phi) is 48.0. The molecule has 11 nitrogen and oxygen atoms in total. The number of rotatable bonds is 50. The number of carbonyl (C=O) groups excluding carboxylic acids is 2. The van der Waals surface area contributed by atoms with Crippen LogP contribution in [0.5, 0.6) is 0 Å². The van der Waals surface area contributed by atoms with Crippen LogP contribution in [0.2, 0.25) is 0 Å². The molecule has 0 bridgehead atoms. The van der Waals surface area contributed by atoms with E-state index in [4.69, 9.17) is 14.2 Å². The van der Waals surface area contributed by atoms with E-state index in [9.17, 15) is 35.1 Å². The van der Waals surface area contributed by atoms with Crippen molar-refractivity contribution in [1.82, 2.24) is 5.32 Å². The molecule has 8 unspecified atom stereocenters. The number of carbonyl (C=O) groups is 2. The molecule has 432 valence electrons. The third-order valence-corrected chi connectivity index (χ3v) is 13.8. The summed E-state index contributed by atoms with van der Waals surface area (Å²) in [4.78, 5) is 26.5. The van der Waals surface area contributed by atoms with E-state index in [0.29, 0.717) is 12.8 Å². The van der Waals surface area contributed by atoms with Crippen molar-refractivity contribution < 1.29 is 49.3 Å². The van der Waals surface area contributed by atoms with Gasteiger partial charge in [0.05, 0.1) is 25.4 Å². The summed E-state index contributed by atoms with van der Waals surface area (Å²) in [6, 6.07) is -1.03. The van der Waals surface area contributed by atoms with Gasteiger partial charge in [0.1, 0.15) is 24.4 Å². The molecular formula is C64H111NO10. The Bertz CT molecular complexity index is 1540. The van der Waals surface area contributed by atoms with Gasteiger partial charge in [0.2, 0.25) is 5.91 Å². The molecule has 0 radical (unpaired) electrons. The smallest absolute Gasteiger partial charge is 0.306 e. The number of hydrogen-bond acceptors (Lipinski definition) is 10. The first kappa shape index (κ1) is 69.9. The molecule has 1 saturated heterocycles. The number of amides is 1. The molecule has 1 aliphatic heterocycles. The molecule has 0 spiro atoms. The van der Waals surface area contributed by atoms with Crippen LogP contribution in [0, 0.1) is 0 Å². The van der Waals surface area contributed by atoms with Crippen LogP contribution in [0.1, 0.15) is 245 Å². The second kappa shape index (κ2) is 51.6. The summed E-state index contributed by atoms with van der Waals surface area (Å²) in [5, 5.41) is 56.9. The van der Waals surface area contributed by atoms with Gasteiger partial charge >= 0.3 is 5.97 Å². The standard InChI is InChI=1S/C64H111NO10/c1-4-7-10-13-16-19-22-24-26-27-28-29-30-31-32-34-37-40-43-46-49-52-59(69)75-62-61(71)60(70)58(53-66)74-64(62)73-54-55(56(67)50-47-44-41-38-35-21-18-15-12-9-6-3)65-63(72)57(68)51-48-45-42-39-36-33-25-23-20-17-14-11-8-5-2/h7,10,16,19-20,23-24,26,28-29,31-32,47,50,55-58,60-62,64,66-68,70-71H,4-6,8-9,11-15,17-18,21-22,25,27,30,33-46,48-49,51-54H2,1-3H3,(H,65,72)/b10-7-,19-16-,23-20-,26-24-,29-28-,32-31-,50-47+. The maximum Gasteiger partial charge on any atom is 0.306 e. The second-order valence-corrected chi connectivity index (χ2v) is 20.7. The molecule has 75 heavy (non-hydrogen) atoms. The van der Waals surface area contributed by atoms with Gasteiger partial charge in [-0.2, -0.15) is 0 Å². The average Bonchev–Trinajstić information content (AvgIpc) is 3.41. The number of allylic oxidation sites excluding steroid dienone is 13. The highest BCUT2D eigenvalue weighted by Crippen LogP contribution is 2.26. The van der Waals surface area contributed by atoms with Crippen LogP contribution in [0.25, 0.3) is 0 Å². The zero-order chi connectivity index (χ0) is 54.7. The summed E-state index contributed by atoms with van der Waals surface area (Å²) >= 11 is 0. The van der Waals surface area contributed by atoms with Crippen molar-refractivity contribution in [1.29, 1.82) is 0 Å². The van der Waals surface area contributed by atoms with Crippen molar-refractivity contribution in [2.45, 2.75) is 294 Å². The molecule has 11 heteroatoms. The Labute approximate surface area is 457 Å². The zero-order valence-electron chi connectivity index (χ0n) is 47.6. The van der Waals surface area contributed by atoms with Gasteiger partial charge in [-0.1, -0.05) is 228 Å². The fourth-order valence-corrected chi connectivity index (χ4v) is 8.97. The van der Waals surface area contributed by atoms with Crippen molar-refractivity contribution in [3.63, 3.8) is 0 Å². The van der Waals surface area contributed by atoms with Crippen LogP contribution in [0.15, 0.2) is 85.1 Å². The molecule has 1 fully saturated rings. The number of ether oxygens (including phenoxy) is 3. The van der Waals surface area contributed by atoms with E-state index < -0.39 is 67.4 Å². The zero-order valence-corrected chi connectivity index (χ0v) is 47.6. The normalized spacial score (nSPS) is 19.8. The number of nitrogens with one attached hydrogen (secondary N) is 1. The van der Waals surface area contributed by atoms with E-state index in [0.717, 1.165) is 116 Å². The number of esters is 1. The van der Waals surface area contributed by atoms with Crippen LogP contribution in [0.3, 0.4) is 0 Å². The topological polar surface area (TPSA) is 175 Å². The van der Waals surface area contributed by atoms with Gasteiger partial charge in [0.25, 0.3) is 0 Å². The Morgan fingerprint density at radius 1 is 0.533 bits per heavy atom. The van der Waals surface area contributed by atoms with Crippen molar-refractivity contribution >= 4 is 11.9 Å². The lowest BCUT2D eigenvalue weighted by molar-refractivity contribution is -0.305. The Morgan fingerprint density at radius 3 is 1.47 bits per heavy atom. The predicted octanol–water partition coefficient (Wildman–Crippen LogP) is 14.2. The molecular weight excluding hydrogens is 943 g/mol. The highest BCUT2D eigenvalue weighted by molar-refractivity contribution is 5.80. The SMILES string of the molecule is CC/C=C\C/C=C\C/C=C\C/C=C\C/C=C\CCCCCCCC(=O)OC1C(OCC(NC(=O)C(O)CCCCCCCC/C=C\CCCCCC)C(O)/C=C/CCCCCCCCCCC)OC(CO)C(O)C1O. The van der Waals surface area contributed by atoms with Crippen molar-refractivity contribution in [3.05, 3.63) is 85.1 Å². The minimum absolute atomic E-state index is 0.0974. The van der Waals surface area contributed by atoms with E-state index in [1.807, 2.05) is 6.08 Å². The number of unbranched alkanes of at least 4 members (excludes halogenated alkanes) is 24. The van der Waals surface area contributed by atoms with Gasteiger partial charge in [0.15, 0.2) is 12.4 Å². The third-order valence-electron chi connectivity index (χ3n) is 13.8. The van der Waals surface area contributed by atoms with Crippen molar-refractivity contribution in [2.24, 2.45) is 0 Å². The Morgan fingerprint density at radius 2 is 0.960 bits per heavy atom. The lowest BCUT2D eigenvalue weighted by Gasteiger charge is -2.41. The summed E-state index contributed by atoms with van der Waals surface area (Å²) in [6.45, 7) is 5.63. The second-order valence-electron chi connectivity index (χ2n) is 20.7. The van der Waals surface area contributed by atoms with Gasteiger partial charge < -0.3 is 45.1 Å². The molecule has 1 heterocycles. The van der Waals surface area contributed by atoms with Gasteiger partial charge in [-0.15, -0.1) is 0 Å². The van der Waals surface area contributed by atoms with Crippen LogP contribution in [-0.4, -0.2) is 99.6 Å². The molecule has 1 amide bonds. The van der Waals surface area contributed by atoms with Crippen LogP contribution in [0.4, 0.5) is 0 Å². The summed E-state index contributed by atoms with van der Waals surface area (Å²) in [5.74, 6) is -1.22. The monoisotopic (exact) mass is 1050 g/mol. The first-order valence-electron chi connectivity index (χ1n) is 30.4. The molecule has 8 atom stereocenters. The van der Waals surface area contributed by atoms with Gasteiger partial charge in [-0.3, -0.25) is 9.59 Å². The highest BCUT2D eigenvalue weighted by Gasteiger charge is 2.47. The van der Waals surface area contributed by atoms with Crippen molar-refractivity contribution in [3.8, 4) is 0 Å². The van der Waals surface area contributed by atoms with Crippen molar-refractivity contribution in [2.75, 3.05) is 13.2 Å². The molecule has 0 aromatic carbocycles. The van der Waals surface area contributed by atoms with Crippen LogP contribution in [-0.2, 0) is 23.8 Å². The molecule has 0 saturated carbocycles. The first-order chi connectivity index (χ1) is 36.7. The lowest BCUT2D eigenvalue weighted by atomic mass is 9.99. The Balaban J connectivity index is 2.68. The minimum Gasteiger partial charge on any atom is -0.454 e. The molecule has 1 rings (SSSR count). The molecule has 0 aromatic rings. The summed E-state index contributed by atoms with van der Waals surface area (Å²) in [7, 11) is 0. The Hall–Kier alpha value is -3.16. The van der Waals surface area contributed by atoms with Gasteiger partial charge in [-0.25, -0.2) is 0 Å². The molecule has 6 N–H and O–H groups in total. The summed E-state index contributed by atoms with van der Waals surface area (Å²) in [5.41, 5.74) is 0. The van der Waals surface area contributed by atoms with E-state index in [2.05, 4.69) is 99.0 Å². The van der Waals surface area contributed by atoms with Crippen LogP contribution < -0.4 is 5.32 Å². The lowest BCUT2D eigenvalue weighted by Crippen LogP contribution is -2.61. The maximum atomic E-state index is 13.4. The summed E-state index contributed by atoms with van der Waals surface area (Å²) < 4.78 is 17.6. The largest absolute Gasteiger partial charge is 0.454 e. The average molecular weight is 1050 g/mol. The minimum atomic E-state index is -1.63. The number of aliphatic hydroxyl groups is 5. The fraction of sp³-hybridized carbons (Fsp3) is 0.750. The maximum absolute atomic E-state index is 13.4. The quantitative estimate of drug-likeness (QED) is 0.0195. The van der Waals surface area contributed by atoms with E-state index in [1.165, 1.54) is 83.5 Å². The molecule has 0 aromatic heterocycles. The third kappa shape index (κ3) is 39.8. The van der Waals surface area contributed by atoms with Gasteiger partial charge in [0, 0.05) is 6.42 Å². The summed E-state index contributed by atoms with van der Waals surface area (Å²) in [6.07, 6.45) is 56.2. The van der Waals surface area contributed by atoms with Gasteiger partial charge in [-0.05, 0) is 96.3 Å². The highest BCUT2D eigenvalue weighted by atomic mass is 16.7. The van der Waals surface area contributed by atoms with E-state index in [1.54, 1.807) is 6.08 Å². The molecule has 1 aliphatic rings. The number of aliphatic hydroxyl groups excluding tert-OH is 5. The van der Waals surface area contributed by atoms with E-state index in [-0.39, 0.29) is 19.4 Å². The van der Waals surface area contributed by atoms with E-state index >= 15 is 0 Å². The fourth-order valence-electron chi connectivity index (χ4n) is 8.97. The predicted molar refractivity (Wildman–Crippen MR) is 310 cm³/mol. The first-order valence-corrected chi connectivity index (χ1v) is 30.4. The number of hydrogen-bond donors (Lipinski definition) is 6.